The van der Waals surface area contributed by atoms with E-state index in [4.69, 9.17) is 0 Å². The standard InChI is InChI=1S/2C16H34OPS2.Zn/c2*1-15(2)11-7-5-9-13-19-18(17)20-14-10-6-8-12-16(3)4;/h2*15-16H,5-14H2,1-4H3;/q2*-1;+2. The maximum Gasteiger partial charge on any atom is 2.00 e. The first-order chi connectivity index (χ1) is 19.0. The molecule has 0 atom stereocenters. The number of hydrogen-bond acceptors (Lipinski definition) is 6. The zero-order chi connectivity index (χ0) is 30.4. The number of hydrogen-bond donors (Lipinski definition) is 0. The van der Waals surface area contributed by atoms with Gasteiger partial charge in [-0.25, -0.2) is 0 Å². The van der Waals surface area contributed by atoms with Crippen LogP contribution in [0.1, 0.15) is 158 Å². The van der Waals surface area contributed by atoms with Crippen LogP contribution >= 0.6 is 58.6 Å². The van der Waals surface area contributed by atoms with Crippen LogP contribution in [0.2, 0.25) is 0 Å². The predicted molar refractivity (Wildman–Crippen MR) is 197 cm³/mol. The number of unbranched alkanes of at least 4 members (excludes halogenated alkanes) is 8. The van der Waals surface area contributed by atoms with Crippen LogP contribution in [-0.2, 0) is 19.5 Å². The fourth-order valence-electron chi connectivity index (χ4n) is 3.96. The molecule has 0 amide bonds. The Balaban J connectivity index is -0.000000688. The van der Waals surface area contributed by atoms with Crippen molar-refractivity contribution in [3.05, 3.63) is 0 Å². The SMILES string of the molecule is CC(C)CCCCCSP([O-])SCCCCCC(C)C.CC(C)CCCCCSP([O-])SCCCCCC(C)C.[Zn+2]. The quantitative estimate of drug-likeness (QED) is 0.0452. The molecule has 2 nitrogen and oxygen atoms in total. The Labute approximate surface area is 290 Å². The summed E-state index contributed by atoms with van der Waals surface area (Å²) in [6.45, 7) is 16.1. The van der Waals surface area contributed by atoms with Crippen LogP contribution in [-0.4, -0.2) is 23.0 Å². The van der Waals surface area contributed by atoms with E-state index in [-0.39, 0.29) is 19.5 Å². The van der Waals surface area contributed by atoms with Gasteiger partial charge in [0.2, 0.25) is 0 Å². The third-order valence-corrected chi connectivity index (χ3v) is 17.7. The zero-order valence-electron chi connectivity index (χ0n) is 28.5. The van der Waals surface area contributed by atoms with E-state index in [0.29, 0.717) is 0 Å². The minimum absolute atomic E-state index is 0. The van der Waals surface area contributed by atoms with Crippen LogP contribution in [0.25, 0.3) is 0 Å². The van der Waals surface area contributed by atoms with Gasteiger partial charge >= 0.3 is 19.5 Å². The van der Waals surface area contributed by atoms with Gasteiger partial charge in [0.05, 0.1) is 0 Å². The molecule has 0 heterocycles. The molecule has 0 aromatic heterocycles. The molecule has 41 heavy (non-hydrogen) atoms. The van der Waals surface area contributed by atoms with Crippen molar-refractivity contribution in [1.82, 2.24) is 0 Å². The first-order valence-corrected chi connectivity index (χ1v) is 25.4. The summed E-state index contributed by atoms with van der Waals surface area (Å²) in [7, 11) is 0. The molecule has 0 unspecified atom stereocenters. The summed E-state index contributed by atoms with van der Waals surface area (Å²) in [5, 5.41) is 0. The van der Waals surface area contributed by atoms with Gasteiger partial charge in [0.15, 0.2) is 0 Å². The van der Waals surface area contributed by atoms with Crippen molar-refractivity contribution in [3.8, 4) is 0 Å². The molecule has 0 rings (SSSR count). The largest absolute Gasteiger partial charge is 2.00 e. The second kappa shape index (κ2) is 37.3. The molecule has 0 fully saturated rings. The maximum atomic E-state index is 11.8. The molecule has 0 aromatic carbocycles. The summed E-state index contributed by atoms with van der Waals surface area (Å²) in [6.07, 6.45) is 20.8. The molecule has 0 aliphatic heterocycles. The third kappa shape index (κ3) is 47.3. The summed E-state index contributed by atoms with van der Waals surface area (Å²) in [5.74, 6) is 7.61. The van der Waals surface area contributed by atoms with Crippen molar-refractivity contribution in [1.29, 1.82) is 0 Å². The zero-order valence-corrected chi connectivity index (χ0v) is 36.5. The molecule has 0 saturated carbocycles. The van der Waals surface area contributed by atoms with Crippen molar-refractivity contribution in [2.24, 2.45) is 23.7 Å². The monoisotopic (exact) mass is 738 g/mol. The van der Waals surface area contributed by atoms with Crippen LogP contribution in [0.4, 0.5) is 0 Å². The van der Waals surface area contributed by atoms with Crippen molar-refractivity contribution < 1.29 is 29.3 Å². The normalized spacial score (nSPS) is 11.7. The van der Waals surface area contributed by atoms with Gasteiger partial charge in [-0.15, -0.1) is 45.5 Å². The van der Waals surface area contributed by atoms with E-state index in [1.165, 1.54) is 103 Å². The van der Waals surface area contributed by atoms with Crippen LogP contribution in [0.15, 0.2) is 0 Å². The minimum Gasteiger partial charge on any atom is -0.813 e. The van der Waals surface area contributed by atoms with Crippen molar-refractivity contribution in [2.45, 2.75) is 158 Å². The van der Waals surface area contributed by atoms with Gasteiger partial charge in [0.25, 0.3) is 0 Å². The van der Waals surface area contributed by atoms with Gasteiger partial charge < -0.3 is 9.79 Å². The first-order valence-electron chi connectivity index (χ1n) is 16.5. The smallest absolute Gasteiger partial charge is 0.813 e. The van der Waals surface area contributed by atoms with E-state index in [2.05, 4.69) is 55.4 Å². The van der Waals surface area contributed by atoms with E-state index < -0.39 is 13.1 Å². The molecule has 0 bridgehead atoms. The molecular weight excluding hydrogens is 672 g/mol. The Morgan fingerprint density at radius 2 is 0.561 bits per heavy atom. The Morgan fingerprint density at radius 1 is 0.366 bits per heavy atom. The van der Waals surface area contributed by atoms with Gasteiger partial charge in [-0.1, -0.05) is 146 Å². The van der Waals surface area contributed by atoms with Gasteiger partial charge in [-0.2, -0.15) is 0 Å². The van der Waals surface area contributed by atoms with Gasteiger partial charge in [0.1, 0.15) is 0 Å². The summed E-state index contributed by atoms with van der Waals surface area (Å²) < 4.78 is 0. The third-order valence-electron chi connectivity index (χ3n) is 6.49. The summed E-state index contributed by atoms with van der Waals surface area (Å²) in [5.41, 5.74) is 0. The molecule has 0 saturated heterocycles. The summed E-state index contributed by atoms with van der Waals surface area (Å²) in [6, 6.07) is 0. The Hall–Kier alpha value is 2.80. The Morgan fingerprint density at radius 3 is 0.732 bits per heavy atom. The average Bonchev–Trinajstić information content (AvgIpc) is 2.87. The fraction of sp³-hybridized carbons (Fsp3) is 1.00. The van der Waals surface area contributed by atoms with Crippen LogP contribution in [0, 0.1) is 23.7 Å². The van der Waals surface area contributed by atoms with Gasteiger partial charge in [-0.05, 0) is 72.4 Å². The van der Waals surface area contributed by atoms with E-state index in [9.17, 15) is 9.79 Å². The van der Waals surface area contributed by atoms with Crippen molar-refractivity contribution in [2.75, 3.05) is 23.0 Å². The molecule has 0 aliphatic carbocycles. The maximum absolute atomic E-state index is 11.8. The summed E-state index contributed by atoms with van der Waals surface area (Å²) >= 11 is 6.70. The molecule has 9 heteroatoms. The Bertz CT molecular complexity index is 411. The van der Waals surface area contributed by atoms with E-state index in [1.807, 2.05) is 0 Å². The molecule has 0 spiro atoms. The molecule has 0 aliphatic rings. The first kappa shape index (κ1) is 48.2. The van der Waals surface area contributed by atoms with Crippen LogP contribution in [0.3, 0.4) is 0 Å². The second-order valence-electron chi connectivity index (χ2n) is 12.8. The topological polar surface area (TPSA) is 46.1 Å². The molecular formula is C32H68O2P2S4Zn. The molecule has 0 radical (unpaired) electrons. The number of rotatable bonds is 28. The molecule has 0 N–H and O–H groups in total. The van der Waals surface area contributed by atoms with Crippen LogP contribution in [0.5, 0.6) is 0 Å². The van der Waals surface area contributed by atoms with E-state index >= 15 is 0 Å². The fourth-order valence-corrected chi connectivity index (χ4v) is 13.8. The van der Waals surface area contributed by atoms with Crippen molar-refractivity contribution in [3.63, 3.8) is 0 Å². The van der Waals surface area contributed by atoms with E-state index in [1.54, 1.807) is 45.5 Å². The minimum atomic E-state index is -1.06. The Kier molecular flexibility index (Phi) is 43.8. The van der Waals surface area contributed by atoms with E-state index in [0.717, 1.165) is 46.7 Å². The summed E-state index contributed by atoms with van der Waals surface area (Å²) in [4.78, 5) is 23.6. The van der Waals surface area contributed by atoms with Crippen molar-refractivity contribution >= 4 is 58.6 Å². The molecule has 244 valence electrons. The second-order valence-corrected chi connectivity index (χ2v) is 24.8. The predicted octanol–water partition coefficient (Wildman–Crippen LogP) is 12.9. The van der Waals surface area contributed by atoms with Crippen LogP contribution < -0.4 is 9.79 Å². The molecule has 0 aromatic rings. The van der Waals surface area contributed by atoms with Gasteiger partial charge in [0, 0.05) is 0 Å². The average molecular weight is 740 g/mol. The van der Waals surface area contributed by atoms with Gasteiger partial charge in [-0.3, -0.25) is 0 Å².